The largest absolute Gasteiger partial charge is 0.496 e. The van der Waals surface area contributed by atoms with Gasteiger partial charge in [-0.25, -0.2) is 4.79 Å². The molecule has 34 heavy (non-hydrogen) atoms. The summed E-state index contributed by atoms with van der Waals surface area (Å²) >= 11 is 0. The van der Waals surface area contributed by atoms with Crippen LogP contribution in [0, 0.1) is 11.3 Å². The summed E-state index contributed by atoms with van der Waals surface area (Å²) in [4.78, 5) is 52.6. The number of imide groups is 1. The topological polar surface area (TPSA) is 105 Å². The Morgan fingerprint density at radius 3 is 2.44 bits per heavy atom. The van der Waals surface area contributed by atoms with Crippen LogP contribution >= 0.6 is 0 Å². The molecule has 0 atom stereocenters. The number of hydrogen-bond acceptors (Lipinski definition) is 6. The molecule has 1 aromatic rings. The fourth-order valence-corrected chi connectivity index (χ4v) is 4.74. The Labute approximate surface area is 200 Å². The highest BCUT2D eigenvalue weighted by Gasteiger charge is 2.53. The number of nitrogens with one attached hydrogen (secondary N) is 1. The van der Waals surface area contributed by atoms with E-state index >= 15 is 0 Å². The molecule has 0 bridgehead atoms. The van der Waals surface area contributed by atoms with Gasteiger partial charge >= 0.3 is 12.0 Å². The number of hydrogen-bond donors (Lipinski definition) is 1. The fraction of sp³-hybridized carbons (Fsp3) is 0.600. The van der Waals surface area contributed by atoms with E-state index in [9.17, 15) is 19.2 Å². The molecule has 3 rings (SSSR count). The van der Waals surface area contributed by atoms with Gasteiger partial charge in [-0.1, -0.05) is 39.0 Å². The number of benzene rings is 1. The van der Waals surface area contributed by atoms with E-state index in [0.717, 1.165) is 23.3 Å². The molecular weight excluding hydrogens is 438 g/mol. The number of urea groups is 1. The normalized spacial score (nSPS) is 22.5. The van der Waals surface area contributed by atoms with E-state index in [1.807, 2.05) is 18.2 Å². The Morgan fingerprint density at radius 2 is 1.82 bits per heavy atom. The maximum Gasteiger partial charge on any atom is 0.326 e. The molecule has 1 aliphatic heterocycles. The molecule has 4 amide bonds. The lowest BCUT2D eigenvalue weighted by Crippen LogP contribution is -2.50. The molecule has 1 aromatic carbocycles. The first-order valence-corrected chi connectivity index (χ1v) is 11.6. The zero-order valence-corrected chi connectivity index (χ0v) is 20.7. The van der Waals surface area contributed by atoms with Crippen molar-refractivity contribution in [3.8, 4) is 5.75 Å². The van der Waals surface area contributed by atoms with Crippen molar-refractivity contribution in [2.24, 2.45) is 11.3 Å². The van der Waals surface area contributed by atoms with Crippen LogP contribution in [0.1, 0.15) is 52.0 Å². The van der Waals surface area contributed by atoms with Gasteiger partial charge in [-0.3, -0.25) is 19.3 Å². The first-order valence-electron chi connectivity index (χ1n) is 11.6. The summed E-state index contributed by atoms with van der Waals surface area (Å²) in [7, 11) is 3.15. The number of rotatable bonds is 7. The van der Waals surface area contributed by atoms with Crippen molar-refractivity contribution in [3.63, 3.8) is 0 Å². The summed E-state index contributed by atoms with van der Waals surface area (Å²) in [5, 5.41) is 2.81. The zero-order valence-electron chi connectivity index (χ0n) is 20.7. The average molecular weight is 474 g/mol. The molecule has 1 N–H and O–H groups in total. The molecule has 2 aliphatic rings. The average Bonchev–Trinajstić information content (AvgIpc) is 3.01. The molecule has 0 aromatic heterocycles. The second-order valence-electron chi connectivity index (χ2n) is 10.3. The Hall–Kier alpha value is -3.10. The Morgan fingerprint density at radius 1 is 1.18 bits per heavy atom. The van der Waals surface area contributed by atoms with Crippen LogP contribution in [0.25, 0.3) is 0 Å². The van der Waals surface area contributed by atoms with Gasteiger partial charge in [0.15, 0.2) is 6.61 Å². The van der Waals surface area contributed by atoms with Crippen LogP contribution in [0.5, 0.6) is 5.75 Å². The molecule has 1 saturated carbocycles. The van der Waals surface area contributed by atoms with E-state index < -0.39 is 36.6 Å². The van der Waals surface area contributed by atoms with Gasteiger partial charge in [0, 0.05) is 19.2 Å². The van der Waals surface area contributed by atoms with Crippen LogP contribution in [0.15, 0.2) is 24.3 Å². The van der Waals surface area contributed by atoms with Gasteiger partial charge in [0.25, 0.3) is 11.8 Å². The van der Waals surface area contributed by atoms with Crippen molar-refractivity contribution < 1.29 is 28.7 Å². The van der Waals surface area contributed by atoms with E-state index in [2.05, 4.69) is 26.1 Å². The predicted molar refractivity (Wildman–Crippen MR) is 125 cm³/mol. The lowest BCUT2D eigenvalue weighted by Gasteiger charge is -2.40. The number of methoxy groups -OCH3 is 1. The number of amides is 4. The maximum absolute atomic E-state index is 13.0. The number of ether oxygens (including phenoxy) is 2. The Balaban J connectivity index is 1.50. The molecule has 1 saturated heterocycles. The number of carbonyl (C=O) groups is 4. The van der Waals surface area contributed by atoms with Crippen molar-refractivity contribution >= 4 is 23.8 Å². The van der Waals surface area contributed by atoms with Gasteiger partial charge < -0.3 is 19.7 Å². The number of esters is 1. The summed E-state index contributed by atoms with van der Waals surface area (Å²) in [6.07, 6.45) is 2.77. The molecular formula is C25H35N3O6. The molecule has 2 fully saturated rings. The SMILES string of the molecule is COc1ccccc1CN(C)C(=O)COC(=O)CN1C(=O)NC2(CCC(C(C)(C)C)CC2)C1=O. The van der Waals surface area contributed by atoms with E-state index in [4.69, 9.17) is 9.47 Å². The molecule has 1 spiro atoms. The summed E-state index contributed by atoms with van der Waals surface area (Å²) < 4.78 is 10.4. The van der Waals surface area contributed by atoms with Gasteiger partial charge in [-0.2, -0.15) is 0 Å². The summed E-state index contributed by atoms with van der Waals surface area (Å²) in [5.74, 6) is -0.471. The summed E-state index contributed by atoms with van der Waals surface area (Å²) in [6.45, 7) is 5.84. The third-order valence-electron chi connectivity index (χ3n) is 6.98. The number of carbonyl (C=O) groups excluding carboxylic acids is 4. The third-order valence-corrected chi connectivity index (χ3v) is 6.98. The van der Waals surface area contributed by atoms with Crippen LogP contribution < -0.4 is 10.1 Å². The smallest absolute Gasteiger partial charge is 0.326 e. The monoisotopic (exact) mass is 473 g/mol. The second kappa shape index (κ2) is 10.0. The fourth-order valence-electron chi connectivity index (χ4n) is 4.74. The van der Waals surface area contributed by atoms with Gasteiger partial charge in [-0.15, -0.1) is 0 Å². The second-order valence-corrected chi connectivity index (χ2v) is 10.3. The minimum atomic E-state index is -0.941. The van der Waals surface area contributed by atoms with E-state index in [-0.39, 0.29) is 17.9 Å². The lowest BCUT2D eigenvalue weighted by molar-refractivity contribution is -0.153. The van der Waals surface area contributed by atoms with Crippen LogP contribution in [0.2, 0.25) is 0 Å². The number of para-hydroxylation sites is 1. The number of likely N-dealkylation sites (N-methyl/N-ethyl adjacent to an activating group) is 1. The quantitative estimate of drug-likeness (QED) is 0.482. The molecule has 1 aliphatic carbocycles. The molecule has 1 heterocycles. The van der Waals surface area contributed by atoms with Gasteiger partial charge in [0.1, 0.15) is 17.8 Å². The Kier molecular flexibility index (Phi) is 7.53. The van der Waals surface area contributed by atoms with E-state index in [1.54, 1.807) is 20.2 Å². The molecule has 9 nitrogen and oxygen atoms in total. The van der Waals surface area contributed by atoms with Crippen LogP contribution in [0.3, 0.4) is 0 Å². The Bertz CT molecular complexity index is 946. The maximum atomic E-state index is 13.0. The zero-order chi connectivity index (χ0) is 25.1. The van der Waals surface area contributed by atoms with E-state index in [1.165, 1.54) is 4.90 Å². The van der Waals surface area contributed by atoms with Gasteiger partial charge in [0.05, 0.1) is 7.11 Å². The highest BCUT2D eigenvalue weighted by Crippen LogP contribution is 2.43. The van der Waals surface area contributed by atoms with Crippen LogP contribution in [-0.4, -0.2) is 66.5 Å². The van der Waals surface area contributed by atoms with E-state index in [0.29, 0.717) is 24.5 Å². The van der Waals surface area contributed by atoms with Gasteiger partial charge in [-0.05, 0) is 43.1 Å². The first kappa shape index (κ1) is 25.5. The molecule has 0 radical (unpaired) electrons. The summed E-state index contributed by atoms with van der Waals surface area (Å²) in [6, 6.07) is 6.74. The van der Waals surface area contributed by atoms with Crippen molar-refractivity contribution in [1.29, 1.82) is 0 Å². The highest BCUT2D eigenvalue weighted by molar-refractivity contribution is 6.08. The van der Waals surface area contributed by atoms with Crippen LogP contribution in [0.4, 0.5) is 4.79 Å². The van der Waals surface area contributed by atoms with Crippen molar-refractivity contribution in [3.05, 3.63) is 29.8 Å². The lowest BCUT2D eigenvalue weighted by atomic mass is 9.67. The highest BCUT2D eigenvalue weighted by atomic mass is 16.5. The molecule has 0 unspecified atom stereocenters. The first-order chi connectivity index (χ1) is 16.0. The summed E-state index contributed by atoms with van der Waals surface area (Å²) in [5.41, 5.74) is 0.0180. The minimum absolute atomic E-state index is 0.141. The van der Waals surface area contributed by atoms with Gasteiger partial charge in [0.2, 0.25) is 0 Å². The predicted octanol–water partition coefficient (Wildman–Crippen LogP) is 2.72. The van der Waals surface area contributed by atoms with Crippen molar-refractivity contribution in [2.75, 3.05) is 27.3 Å². The molecule has 9 heteroatoms. The number of nitrogens with zero attached hydrogens (tertiary/aromatic N) is 2. The third kappa shape index (κ3) is 5.51. The minimum Gasteiger partial charge on any atom is -0.496 e. The van der Waals surface area contributed by atoms with Crippen molar-refractivity contribution in [1.82, 2.24) is 15.1 Å². The van der Waals surface area contributed by atoms with Crippen LogP contribution in [-0.2, 0) is 25.7 Å². The molecule has 186 valence electrons. The van der Waals surface area contributed by atoms with Crippen molar-refractivity contribution in [2.45, 2.75) is 58.5 Å². The standard InChI is InChI=1S/C25H35N3O6/c1-24(2,3)18-10-12-25(13-11-18)22(31)28(23(32)26-25)15-21(30)34-16-20(29)27(4)14-17-8-6-7-9-19(17)33-5/h6-9,18H,10-16H2,1-5H3,(H,26,32).